The summed E-state index contributed by atoms with van der Waals surface area (Å²) in [5.74, 6) is -0.826. The molecule has 0 unspecified atom stereocenters. The molecule has 0 amide bonds. The Labute approximate surface area is 211 Å². The molecule has 2 aliphatic rings. The Morgan fingerprint density at radius 1 is 1.00 bits per heavy atom. The van der Waals surface area contributed by atoms with E-state index in [1.807, 2.05) is 38.1 Å². The number of esters is 2. The number of rotatable bonds is 7. The van der Waals surface area contributed by atoms with Gasteiger partial charge in [-0.1, -0.05) is 37.3 Å². The number of dihydropyridines is 1. The Balaban J connectivity index is 1.78. The number of ether oxygens (including phenoxy) is 3. The molecule has 0 spiro atoms. The second kappa shape index (κ2) is 10.8. The summed E-state index contributed by atoms with van der Waals surface area (Å²) in [6.07, 6.45) is 1.60. The highest BCUT2D eigenvalue weighted by atomic mass is 16.5. The molecule has 0 radical (unpaired) electrons. The van der Waals surface area contributed by atoms with Crippen LogP contribution >= 0.6 is 0 Å². The van der Waals surface area contributed by atoms with Crippen LogP contribution in [0, 0.1) is 0 Å². The van der Waals surface area contributed by atoms with Gasteiger partial charge in [0.15, 0.2) is 5.78 Å². The number of allylic oxidation sites excluding steroid dienone is 3. The van der Waals surface area contributed by atoms with Crippen LogP contribution in [0.1, 0.15) is 66.4 Å². The highest BCUT2D eigenvalue weighted by Gasteiger charge is 2.41. The first-order chi connectivity index (χ1) is 17.4. The van der Waals surface area contributed by atoms with Gasteiger partial charge in [-0.25, -0.2) is 9.59 Å². The van der Waals surface area contributed by atoms with E-state index < -0.39 is 17.9 Å². The van der Waals surface area contributed by atoms with Gasteiger partial charge in [0, 0.05) is 35.2 Å². The molecule has 4 rings (SSSR count). The zero-order chi connectivity index (χ0) is 25.8. The largest absolute Gasteiger partial charge is 0.496 e. The predicted octanol–water partition coefficient (Wildman–Crippen LogP) is 4.80. The van der Waals surface area contributed by atoms with Gasteiger partial charge in [-0.15, -0.1) is 0 Å². The predicted molar refractivity (Wildman–Crippen MR) is 135 cm³/mol. The summed E-state index contributed by atoms with van der Waals surface area (Å²) in [4.78, 5) is 38.9. The summed E-state index contributed by atoms with van der Waals surface area (Å²) in [5, 5.41) is 3.35. The molecule has 0 fully saturated rings. The molecule has 7 heteroatoms. The Kier molecular flexibility index (Phi) is 7.58. The van der Waals surface area contributed by atoms with Crippen molar-refractivity contribution in [3.8, 4) is 5.75 Å². The molecule has 2 atom stereocenters. The van der Waals surface area contributed by atoms with Crippen molar-refractivity contribution in [2.45, 2.75) is 44.9 Å². The van der Waals surface area contributed by atoms with E-state index in [1.165, 1.54) is 7.11 Å². The SMILES string of the molecule is CCCOC(=O)C1=C(C)NC2=C(C(=O)C[C@@H](c3ccccc3OC)C2)[C@H]1c1ccc(C(=O)OC)cc1. The van der Waals surface area contributed by atoms with Crippen molar-refractivity contribution in [2.24, 2.45) is 0 Å². The van der Waals surface area contributed by atoms with Crippen molar-refractivity contribution in [2.75, 3.05) is 20.8 Å². The Morgan fingerprint density at radius 3 is 2.39 bits per heavy atom. The van der Waals surface area contributed by atoms with E-state index in [0.717, 1.165) is 22.6 Å². The number of methoxy groups -OCH3 is 2. The van der Waals surface area contributed by atoms with Crippen molar-refractivity contribution in [3.05, 3.63) is 87.8 Å². The molecule has 1 N–H and O–H groups in total. The van der Waals surface area contributed by atoms with Crippen LogP contribution in [-0.4, -0.2) is 38.5 Å². The lowest BCUT2D eigenvalue weighted by molar-refractivity contribution is -0.139. The first-order valence-corrected chi connectivity index (χ1v) is 12.1. The van der Waals surface area contributed by atoms with E-state index in [2.05, 4.69) is 5.32 Å². The maximum atomic E-state index is 13.7. The molecule has 0 bridgehead atoms. The van der Waals surface area contributed by atoms with Crippen LogP contribution in [-0.2, 0) is 19.1 Å². The second-order valence-corrected chi connectivity index (χ2v) is 9.01. The lowest BCUT2D eigenvalue weighted by Gasteiger charge is -2.37. The van der Waals surface area contributed by atoms with Crippen LogP contribution in [0.2, 0.25) is 0 Å². The van der Waals surface area contributed by atoms with Crippen molar-refractivity contribution < 1.29 is 28.6 Å². The number of benzene rings is 2. The molecule has 0 aromatic heterocycles. The molecule has 0 saturated carbocycles. The van der Waals surface area contributed by atoms with Crippen molar-refractivity contribution in [1.29, 1.82) is 0 Å². The molecular weight excluding hydrogens is 458 g/mol. The molecule has 1 heterocycles. The van der Waals surface area contributed by atoms with Crippen molar-refractivity contribution in [3.63, 3.8) is 0 Å². The van der Waals surface area contributed by atoms with Crippen LogP contribution in [0.5, 0.6) is 5.75 Å². The number of carbonyl (C=O) groups excluding carboxylic acids is 3. The number of carbonyl (C=O) groups is 3. The number of ketones is 1. The minimum atomic E-state index is -0.594. The summed E-state index contributed by atoms with van der Waals surface area (Å²) in [6.45, 7) is 4.05. The van der Waals surface area contributed by atoms with E-state index in [4.69, 9.17) is 14.2 Å². The number of nitrogens with one attached hydrogen (secondary N) is 1. The minimum Gasteiger partial charge on any atom is -0.496 e. The molecular formula is C29H31NO6. The normalized spacial score (nSPS) is 19.4. The van der Waals surface area contributed by atoms with Gasteiger partial charge in [-0.05, 0) is 49.1 Å². The maximum Gasteiger partial charge on any atom is 0.337 e. The van der Waals surface area contributed by atoms with Gasteiger partial charge in [0.2, 0.25) is 0 Å². The third-order valence-corrected chi connectivity index (χ3v) is 6.73. The van der Waals surface area contributed by atoms with E-state index in [-0.39, 0.29) is 11.7 Å². The third-order valence-electron chi connectivity index (χ3n) is 6.73. The van der Waals surface area contributed by atoms with Gasteiger partial charge >= 0.3 is 11.9 Å². The lowest BCUT2D eigenvalue weighted by atomic mass is 9.71. The molecule has 188 valence electrons. The molecule has 36 heavy (non-hydrogen) atoms. The van der Waals surface area contributed by atoms with Crippen LogP contribution in [0.15, 0.2) is 71.1 Å². The van der Waals surface area contributed by atoms with E-state index >= 15 is 0 Å². The summed E-state index contributed by atoms with van der Waals surface area (Å²) in [7, 11) is 2.95. The molecule has 7 nitrogen and oxygen atoms in total. The molecule has 1 aliphatic carbocycles. The fourth-order valence-electron chi connectivity index (χ4n) is 5.07. The van der Waals surface area contributed by atoms with E-state index in [9.17, 15) is 14.4 Å². The van der Waals surface area contributed by atoms with Gasteiger partial charge in [-0.2, -0.15) is 0 Å². The Bertz CT molecular complexity index is 1240. The molecule has 0 saturated heterocycles. The Morgan fingerprint density at radius 2 is 1.72 bits per heavy atom. The van der Waals surface area contributed by atoms with Crippen LogP contribution < -0.4 is 10.1 Å². The van der Waals surface area contributed by atoms with Gasteiger partial charge in [-0.3, -0.25) is 4.79 Å². The van der Waals surface area contributed by atoms with Gasteiger partial charge < -0.3 is 19.5 Å². The third kappa shape index (κ3) is 4.78. The quantitative estimate of drug-likeness (QED) is 0.559. The summed E-state index contributed by atoms with van der Waals surface area (Å²) >= 11 is 0. The van der Waals surface area contributed by atoms with Crippen molar-refractivity contribution in [1.82, 2.24) is 5.32 Å². The van der Waals surface area contributed by atoms with Crippen molar-refractivity contribution >= 4 is 17.7 Å². The Hall–Kier alpha value is -3.87. The first kappa shape index (κ1) is 25.2. The second-order valence-electron chi connectivity index (χ2n) is 9.01. The zero-order valence-electron chi connectivity index (χ0n) is 21.1. The number of para-hydroxylation sites is 1. The maximum absolute atomic E-state index is 13.7. The summed E-state index contributed by atoms with van der Waals surface area (Å²) in [5.41, 5.74) is 4.56. The molecule has 2 aromatic rings. The smallest absolute Gasteiger partial charge is 0.337 e. The van der Waals surface area contributed by atoms with Crippen LogP contribution in [0.4, 0.5) is 0 Å². The van der Waals surface area contributed by atoms with Crippen LogP contribution in [0.3, 0.4) is 0 Å². The van der Waals surface area contributed by atoms with Gasteiger partial charge in [0.1, 0.15) is 5.75 Å². The lowest BCUT2D eigenvalue weighted by Crippen LogP contribution is -2.36. The van der Waals surface area contributed by atoms with Gasteiger partial charge in [0.05, 0.1) is 32.0 Å². The standard InChI is InChI=1S/C29H31NO6/c1-5-14-36-29(33)25-17(2)30-22-15-20(21-8-6-7-9-24(21)34-3)16-23(31)27(22)26(25)18-10-12-19(13-11-18)28(32)35-4/h6-13,20,26,30H,5,14-16H2,1-4H3/t20-,26-/m0/s1. The molecule has 1 aliphatic heterocycles. The topological polar surface area (TPSA) is 90.9 Å². The zero-order valence-corrected chi connectivity index (χ0v) is 21.1. The fraction of sp³-hybridized carbons (Fsp3) is 0.345. The molecule has 2 aromatic carbocycles. The van der Waals surface area contributed by atoms with Gasteiger partial charge in [0.25, 0.3) is 0 Å². The summed E-state index contributed by atoms with van der Waals surface area (Å²) in [6, 6.07) is 14.6. The monoisotopic (exact) mass is 489 g/mol. The van der Waals surface area contributed by atoms with E-state index in [1.54, 1.807) is 31.4 Å². The van der Waals surface area contributed by atoms with Crippen LogP contribution in [0.25, 0.3) is 0 Å². The average molecular weight is 490 g/mol. The number of hydrogen-bond donors (Lipinski definition) is 1. The average Bonchev–Trinajstić information content (AvgIpc) is 2.90. The number of Topliss-reactive ketones (excluding diaryl/α,β-unsaturated/α-hetero) is 1. The highest BCUT2D eigenvalue weighted by molar-refractivity contribution is 6.04. The first-order valence-electron chi connectivity index (χ1n) is 12.1. The fourth-order valence-corrected chi connectivity index (χ4v) is 5.07. The highest BCUT2D eigenvalue weighted by Crippen LogP contribution is 2.46. The number of hydrogen-bond acceptors (Lipinski definition) is 7. The van der Waals surface area contributed by atoms with E-state index in [0.29, 0.717) is 48.3 Å². The minimum absolute atomic E-state index is 0.0324. The summed E-state index contributed by atoms with van der Waals surface area (Å²) < 4.78 is 15.9.